The van der Waals surface area contributed by atoms with Gasteiger partial charge in [-0.3, -0.25) is 13.9 Å². The number of ether oxygens (including phenoxy) is 1. The Balaban J connectivity index is 2.39. The van der Waals surface area contributed by atoms with Crippen LogP contribution in [0.1, 0.15) is 44.2 Å². The van der Waals surface area contributed by atoms with Crippen molar-refractivity contribution in [1.82, 2.24) is 10.2 Å². The number of nitrogens with zero attached hydrogens (tertiary/aromatic N) is 2. The number of amides is 2. The van der Waals surface area contributed by atoms with Crippen LogP contribution in [-0.2, 0) is 26.2 Å². The third kappa shape index (κ3) is 8.28. The molecule has 0 saturated carbocycles. The summed E-state index contributed by atoms with van der Waals surface area (Å²) in [6.07, 6.45) is 3.24. The minimum atomic E-state index is -3.77. The van der Waals surface area contributed by atoms with Crippen LogP contribution in [0.4, 0.5) is 5.69 Å². The average Bonchev–Trinajstić information content (AvgIpc) is 2.82. The lowest BCUT2D eigenvalue weighted by Crippen LogP contribution is -2.52. The number of methoxy groups -OCH3 is 1. The third-order valence-electron chi connectivity index (χ3n) is 5.69. The van der Waals surface area contributed by atoms with Gasteiger partial charge >= 0.3 is 0 Å². The molecular formula is C26H37N3O5S. The molecule has 0 aliphatic carbocycles. The second-order valence-electron chi connectivity index (χ2n) is 8.55. The molecule has 0 heterocycles. The Kier molecular flexibility index (Phi) is 10.6. The Morgan fingerprint density at radius 3 is 2.31 bits per heavy atom. The van der Waals surface area contributed by atoms with Gasteiger partial charge in [-0.05, 0) is 49.6 Å². The molecule has 35 heavy (non-hydrogen) atoms. The summed E-state index contributed by atoms with van der Waals surface area (Å²) in [6, 6.07) is 13.4. The molecule has 1 atom stereocenters. The third-order valence-corrected chi connectivity index (χ3v) is 6.83. The van der Waals surface area contributed by atoms with Crippen molar-refractivity contribution in [2.75, 3.05) is 30.8 Å². The zero-order chi connectivity index (χ0) is 26.0. The predicted molar refractivity (Wildman–Crippen MR) is 139 cm³/mol. The number of hydrogen-bond acceptors (Lipinski definition) is 5. The summed E-state index contributed by atoms with van der Waals surface area (Å²) >= 11 is 0. The maximum absolute atomic E-state index is 13.6. The van der Waals surface area contributed by atoms with Crippen molar-refractivity contribution in [3.8, 4) is 5.75 Å². The molecule has 0 aliphatic heterocycles. The van der Waals surface area contributed by atoms with E-state index in [1.54, 1.807) is 24.3 Å². The number of nitrogens with one attached hydrogen (secondary N) is 1. The van der Waals surface area contributed by atoms with Crippen LogP contribution in [0.25, 0.3) is 0 Å². The zero-order valence-electron chi connectivity index (χ0n) is 21.3. The number of aryl methyl sites for hydroxylation is 1. The summed E-state index contributed by atoms with van der Waals surface area (Å²) < 4.78 is 31.5. The molecule has 9 heteroatoms. The van der Waals surface area contributed by atoms with E-state index in [9.17, 15) is 18.0 Å². The molecule has 8 nitrogen and oxygen atoms in total. The van der Waals surface area contributed by atoms with Gasteiger partial charge in [0.25, 0.3) is 0 Å². The number of unbranched alkanes of at least 4 members (excludes halogenated alkanes) is 1. The molecule has 0 fully saturated rings. The Labute approximate surface area is 209 Å². The maximum Gasteiger partial charge on any atom is 0.244 e. The van der Waals surface area contributed by atoms with Crippen LogP contribution in [-0.4, -0.2) is 57.6 Å². The van der Waals surface area contributed by atoms with Gasteiger partial charge in [-0.25, -0.2) is 8.42 Å². The lowest BCUT2D eigenvalue weighted by atomic mass is 10.1. The van der Waals surface area contributed by atoms with Crippen LogP contribution in [0.2, 0.25) is 0 Å². The Morgan fingerprint density at radius 2 is 1.77 bits per heavy atom. The molecule has 0 radical (unpaired) electrons. The van der Waals surface area contributed by atoms with Gasteiger partial charge in [0.15, 0.2) is 0 Å². The fourth-order valence-electron chi connectivity index (χ4n) is 3.80. The van der Waals surface area contributed by atoms with Gasteiger partial charge in [-0.1, -0.05) is 50.1 Å². The van der Waals surface area contributed by atoms with E-state index in [0.717, 1.165) is 34.5 Å². The van der Waals surface area contributed by atoms with E-state index in [4.69, 9.17) is 4.74 Å². The molecule has 2 aromatic carbocycles. The van der Waals surface area contributed by atoms with Crippen molar-refractivity contribution in [3.05, 3.63) is 59.7 Å². The predicted octanol–water partition coefficient (Wildman–Crippen LogP) is 3.49. The quantitative estimate of drug-likeness (QED) is 0.422. The van der Waals surface area contributed by atoms with E-state index in [2.05, 4.69) is 5.32 Å². The van der Waals surface area contributed by atoms with E-state index < -0.39 is 28.5 Å². The number of anilines is 1. The van der Waals surface area contributed by atoms with E-state index >= 15 is 0 Å². The van der Waals surface area contributed by atoms with Gasteiger partial charge in [0.1, 0.15) is 18.3 Å². The molecule has 0 aliphatic rings. The molecular weight excluding hydrogens is 466 g/mol. The Morgan fingerprint density at radius 1 is 1.09 bits per heavy atom. The van der Waals surface area contributed by atoms with E-state index in [1.807, 2.05) is 45.0 Å². The van der Waals surface area contributed by atoms with E-state index in [1.165, 1.54) is 12.0 Å². The Hall–Kier alpha value is -3.07. The van der Waals surface area contributed by atoms with Crippen molar-refractivity contribution in [2.45, 2.75) is 52.6 Å². The summed E-state index contributed by atoms with van der Waals surface area (Å²) in [7, 11) is -2.25. The van der Waals surface area contributed by atoms with Crippen molar-refractivity contribution in [1.29, 1.82) is 0 Å². The first kappa shape index (κ1) is 28.2. The number of carbonyl (C=O) groups excluding carboxylic acids is 2. The standard InChI is InChI=1S/C26H37N3O5S/c1-6-8-16-27-26(31)24(7-2)28(18-21-11-9-10-20(3)17-21)25(30)19-29(35(5,32)33)22-12-14-23(34-4)15-13-22/h9-15,17,24H,6-8,16,18-19H2,1-5H3,(H,27,31). The van der Waals surface area contributed by atoms with Crippen LogP contribution in [0.5, 0.6) is 5.75 Å². The molecule has 192 valence electrons. The molecule has 1 unspecified atom stereocenters. The number of benzene rings is 2. The molecule has 2 rings (SSSR count). The number of hydrogen-bond donors (Lipinski definition) is 1. The highest BCUT2D eigenvalue weighted by atomic mass is 32.2. The van der Waals surface area contributed by atoms with Crippen molar-refractivity contribution < 1.29 is 22.7 Å². The highest BCUT2D eigenvalue weighted by Crippen LogP contribution is 2.22. The molecule has 0 spiro atoms. The normalized spacial score (nSPS) is 12.0. The smallest absolute Gasteiger partial charge is 0.244 e. The SMILES string of the molecule is CCCCNC(=O)C(CC)N(Cc1cccc(C)c1)C(=O)CN(c1ccc(OC)cc1)S(C)(=O)=O. The first-order valence-electron chi connectivity index (χ1n) is 11.8. The molecule has 1 N–H and O–H groups in total. The minimum absolute atomic E-state index is 0.195. The summed E-state index contributed by atoms with van der Waals surface area (Å²) in [5.41, 5.74) is 2.25. The van der Waals surface area contributed by atoms with E-state index in [-0.39, 0.29) is 12.5 Å². The van der Waals surface area contributed by atoms with Gasteiger partial charge in [0, 0.05) is 13.1 Å². The van der Waals surface area contributed by atoms with Gasteiger partial charge in [0.05, 0.1) is 19.1 Å². The molecule has 0 aromatic heterocycles. The number of carbonyl (C=O) groups is 2. The first-order chi connectivity index (χ1) is 16.6. The van der Waals surface area contributed by atoms with Crippen LogP contribution in [0.15, 0.2) is 48.5 Å². The van der Waals surface area contributed by atoms with Crippen LogP contribution >= 0.6 is 0 Å². The second-order valence-corrected chi connectivity index (χ2v) is 10.5. The highest BCUT2D eigenvalue weighted by molar-refractivity contribution is 7.92. The Bertz CT molecular complexity index is 1090. The van der Waals surface area contributed by atoms with Crippen molar-refractivity contribution >= 4 is 27.5 Å². The minimum Gasteiger partial charge on any atom is -0.497 e. The molecule has 0 saturated heterocycles. The maximum atomic E-state index is 13.6. The van der Waals surface area contributed by atoms with Crippen LogP contribution in [0.3, 0.4) is 0 Å². The summed E-state index contributed by atoms with van der Waals surface area (Å²) in [5.74, 6) is -0.119. The lowest BCUT2D eigenvalue weighted by molar-refractivity contribution is -0.140. The highest BCUT2D eigenvalue weighted by Gasteiger charge is 2.31. The lowest BCUT2D eigenvalue weighted by Gasteiger charge is -2.33. The fourth-order valence-corrected chi connectivity index (χ4v) is 4.64. The van der Waals surface area contributed by atoms with Crippen molar-refractivity contribution in [3.63, 3.8) is 0 Å². The number of sulfonamides is 1. The first-order valence-corrected chi connectivity index (χ1v) is 13.7. The van der Waals surface area contributed by atoms with Gasteiger partial charge in [-0.15, -0.1) is 0 Å². The molecule has 0 bridgehead atoms. The monoisotopic (exact) mass is 503 g/mol. The van der Waals surface area contributed by atoms with Gasteiger partial charge in [-0.2, -0.15) is 0 Å². The van der Waals surface area contributed by atoms with Gasteiger partial charge in [0.2, 0.25) is 21.8 Å². The average molecular weight is 504 g/mol. The fraction of sp³-hybridized carbons (Fsp3) is 0.462. The van der Waals surface area contributed by atoms with Crippen LogP contribution < -0.4 is 14.4 Å². The largest absolute Gasteiger partial charge is 0.497 e. The van der Waals surface area contributed by atoms with Crippen LogP contribution in [0, 0.1) is 6.92 Å². The molecule has 2 amide bonds. The second kappa shape index (κ2) is 13.1. The number of rotatable bonds is 13. The van der Waals surface area contributed by atoms with E-state index in [0.29, 0.717) is 24.4 Å². The van der Waals surface area contributed by atoms with Crippen molar-refractivity contribution in [2.24, 2.45) is 0 Å². The summed E-state index contributed by atoms with van der Waals surface area (Å²) in [4.78, 5) is 28.1. The summed E-state index contributed by atoms with van der Waals surface area (Å²) in [5, 5.41) is 2.92. The zero-order valence-corrected chi connectivity index (χ0v) is 22.1. The summed E-state index contributed by atoms with van der Waals surface area (Å²) in [6.45, 7) is 6.14. The topological polar surface area (TPSA) is 96.0 Å². The van der Waals surface area contributed by atoms with Gasteiger partial charge < -0.3 is 15.0 Å². The molecule has 2 aromatic rings.